The van der Waals surface area contributed by atoms with E-state index in [9.17, 15) is 10.1 Å². The summed E-state index contributed by atoms with van der Waals surface area (Å²) in [5.41, 5.74) is 0.710. The first-order valence-electron chi connectivity index (χ1n) is 7.08. The minimum absolute atomic E-state index is 0.190. The number of benzene rings is 1. The van der Waals surface area contributed by atoms with Crippen LogP contribution in [0.15, 0.2) is 24.3 Å². The quantitative estimate of drug-likeness (QED) is 0.916. The first kappa shape index (κ1) is 14.4. The van der Waals surface area contributed by atoms with Gasteiger partial charge in [-0.3, -0.25) is 4.79 Å². The van der Waals surface area contributed by atoms with Crippen molar-refractivity contribution in [1.29, 1.82) is 5.26 Å². The third kappa shape index (κ3) is 3.51. The summed E-state index contributed by atoms with van der Waals surface area (Å²) in [6.07, 6.45) is 5.60. The maximum atomic E-state index is 12.2. The van der Waals surface area contributed by atoms with Crippen molar-refractivity contribution in [2.75, 3.05) is 7.11 Å². The number of nitrogens with zero attached hydrogens (tertiary/aromatic N) is 1. The van der Waals surface area contributed by atoms with Crippen LogP contribution >= 0.6 is 0 Å². The SMILES string of the molecule is COc1ccc(C(C#N)C(=O)NC2CCCCC2)cc1. The zero-order valence-corrected chi connectivity index (χ0v) is 11.8. The molecule has 1 aromatic carbocycles. The van der Waals surface area contributed by atoms with Gasteiger partial charge < -0.3 is 10.1 Å². The molecule has 0 aliphatic heterocycles. The molecule has 1 amide bonds. The van der Waals surface area contributed by atoms with E-state index in [4.69, 9.17) is 4.74 Å². The summed E-state index contributed by atoms with van der Waals surface area (Å²) < 4.78 is 5.08. The van der Waals surface area contributed by atoms with Crippen molar-refractivity contribution < 1.29 is 9.53 Å². The smallest absolute Gasteiger partial charge is 0.242 e. The molecule has 2 rings (SSSR count). The van der Waals surface area contributed by atoms with E-state index >= 15 is 0 Å². The Hall–Kier alpha value is -2.02. The monoisotopic (exact) mass is 272 g/mol. The van der Waals surface area contributed by atoms with Gasteiger partial charge in [-0.25, -0.2) is 0 Å². The van der Waals surface area contributed by atoms with E-state index in [2.05, 4.69) is 11.4 Å². The third-order valence-corrected chi connectivity index (χ3v) is 3.79. The lowest BCUT2D eigenvalue weighted by atomic mass is 9.94. The summed E-state index contributed by atoms with van der Waals surface area (Å²) in [6.45, 7) is 0. The molecule has 0 aromatic heterocycles. The van der Waals surface area contributed by atoms with Crippen LogP contribution in [0.2, 0.25) is 0 Å². The number of methoxy groups -OCH3 is 1. The van der Waals surface area contributed by atoms with Crippen molar-refractivity contribution in [1.82, 2.24) is 5.32 Å². The lowest BCUT2D eigenvalue weighted by Gasteiger charge is -2.24. The van der Waals surface area contributed by atoms with Gasteiger partial charge in [0.15, 0.2) is 0 Å². The van der Waals surface area contributed by atoms with Crippen LogP contribution in [-0.4, -0.2) is 19.1 Å². The molecule has 0 heterocycles. The molecule has 1 aliphatic rings. The largest absolute Gasteiger partial charge is 0.497 e. The number of ether oxygens (including phenoxy) is 1. The Bertz CT molecular complexity index is 484. The van der Waals surface area contributed by atoms with Crippen molar-refractivity contribution in [3.05, 3.63) is 29.8 Å². The van der Waals surface area contributed by atoms with Gasteiger partial charge in [0.2, 0.25) is 5.91 Å². The second kappa shape index (κ2) is 6.95. The van der Waals surface area contributed by atoms with Gasteiger partial charge in [-0.05, 0) is 30.5 Å². The molecule has 1 aromatic rings. The van der Waals surface area contributed by atoms with Crippen LogP contribution < -0.4 is 10.1 Å². The molecule has 20 heavy (non-hydrogen) atoms. The highest BCUT2D eigenvalue weighted by Gasteiger charge is 2.23. The van der Waals surface area contributed by atoms with Crippen LogP contribution in [0.3, 0.4) is 0 Å². The molecular weight excluding hydrogens is 252 g/mol. The van der Waals surface area contributed by atoms with Gasteiger partial charge in [-0.2, -0.15) is 5.26 Å². The Morgan fingerprint density at radius 2 is 1.95 bits per heavy atom. The van der Waals surface area contributed by atoms with E-state index in [0.29, 0.717) is 5.56 Å². The average Bonchev–Trinajstić information content (AvgIpc) is 2.49. The van der Waals surface area contributed by atoms with E-state index in [-0.39, 0.29) is 11.9 Å². The number of carbonyl (C=O) groups is 1. The van der Waals surface area contributed by atoms with Gasteiger partial charge >= 0.3 is 0 Å². The van der Waals surface area contributed by atoms with Crippen LogP contribution in [0, 0.1) is 11.3 Å². The summed E-state index contributed by atoms with van der Waals surface area (Å²) >= 11 is 0. The Labute approximate surface area is 119 Å². The second-order valence-corrected chi connectivity index (χ2v) is 5.18. The first-order valence-corrected chi connectivity index (χ1v) is 7.08. The van der Waals surface area contributed by atoms with E-state index < -0.39 is 5.92 Å². The minimum atomic E-state index is -0.747. The van der Waals surface area contributed by atoms with Gasteiger partial charge in [0.05, 0.1) is 13.2 Å². The molecule has 1 N–H and O–H groups in total. The predicted octanol–water partition coefficient (Wildman–Crippen LogP) is 2.75. The average molecular weight is 272 g/mol. The fourth-order valence-electron chi connectivity index (χ4n) is 2.61. The van der Waals surface area contributed by atoms with Crippen LogP contribution in [0.25, 0.3) is 0 Å². The summed E-state index contributed by atoms with van der Waals surface area (Å²) in [7, 11) is 1.59. The predicted molar refractivity (Wildman–Crippen MR) is 76.4 cm³/mol. The number of rotatable bonds is 4. The minimum Gasteiger partial charge on any atom is -0.497 e. The highest BCUT2D eigenvalue weighted by Crippen LogP contribution is 2.22. The van der Waals surface area contributed by atoms with Gasteiger partial charge in [-0.15, -0.1) is 0 Å². The third-order valence-electron chi connectivity index (χ3n) is 3.79. The van der Waals surface area contributed by atoms with Crippen molar-refractivity contribution in [2.24, 2.45) is 0 Å². The molecule has 1 atom stereocenters. The van der Waals surface area contributed by atoms with Gasteiger partial charge in [0.25, 0.3) is 0 Å². The van der Waals surface area contributed by atoms with Crippen LogP contribution in [0.5, 0.6) is 5.75 Å². The summed E-state index contributed by atoms with van der Waals surface area (Å²) in [5.74, 6) is -0.217. The number of carbonyl (C=O) groups excluding carboxylic acids is 1. The maximum Gasteiger partial charge on any atom is 0.242 e. The zero-order chi connectivity index (χ0) is 14.4. The Morgan fingerprint density at radius 3 is 2.50 bits per heavy atom. The van der Waals surface area contributed by atoms with E-state index in [0.717, 1.165) is 31.4 Å². The fourth-order valence-corrected chi connectivity index (χ4v) is 2.61. The van der Waals surface area contributed by atoms with Gasteiger partial charge in [-0.1, -0.05) is 31.4 Å². The van der Waals surface area contributed by atoms with Crippen molar-refractivity contribution in [3.8, 4) is 11.8 Å². The second-order valence-electron chi connectivity index (χ2n) is 5.18. The number of amides is 1. The molecule has 1 aliphatic carbocycles. The van der Waals surface area contributed by atoms with E-state index in [1.807, 2.05) is 0 Å². The molecule has 4 nitrogen and oxygen atoms in total. The summed E-state index contributed by atoms with van der Waals surface area (Å²) in [5, 5.41) is 12.3. The highest BCUT2D eigenvalue weighted by atomic mass is 16.5. The lowest BCUT2D eigenvalue weighted by Crippen LogP contribution is -2.38. The number of nitrogens with one attached hydrogen (secondary N) is 1. The number of hydrogen-bond donors (Lipinski definition) is 1. The van der Waals surface area contributed by atoms with Crippen LogP contribution in [0.1, 0.15) is 43.6 Å². The van der Waals surface area contributed by atoms with Crippen LogP contribution in [-0.2, 0) is 4.79 Å². The molecule has 1 fully saturated rings. The number of hydrogen-bond acceptors (Lipinski definition) is 3. The molecule has 1 saturated carbocycles. The molecule has 1 unspecified atom stereocenters. The van der Waals surface area contributed by atoms with Gasteiger partial charge in [0, 0.05) is 6.04 Å². The van der Waals surface area contributed by atoms with Crippen molar-refractivity contribution >= 4 is 5.91 Å². The molecule has 0 spiro atoms. The van der Waals surface area contributed by atoms with Gasteiger partial charge in [0.1, 0.15) is 11.7 Å². The maximum absolute atomic E-state index is 12.2. The Morgan fingerprint density at radius 1 is 1.30 bits per heavy atom. The molecule has 106 valence electrons. The lowest BCUT2D eigenvalue weighted by molar-refractivity contribution is -0.122. The zero-order valence-electron chi connectivity index (χ0n) is 11.8. The Balaban J connectivity index is 2.02. The molecular formula is C16H20N2O2. The highest BCUT2D eigenvalue weighted by molar-refractivity contribution is 5.86. The summed E-state index contributed by atoms with van der Waals surface area (Å²) in [6, 6.07) is 9.40. The fraction of sp³-hybridized carbons (Fsp3) is 0.500. The van der Waals surface area contributed by atoms with E-state index in [1.165, 1.54) is 6.42 Å². The molecule has 0 radical (unpaired) electrons. The van der Waals surface area contributed by atoms with Crippen molar-refractivity contribution in [3.63, 3.8) is 0 Å². The summed E-state index contributed by atoms with van der Waals surface area (Å²) in [4.78, 5) is 12.2. The van der Waals surface area contributed by atoms with E-state index in [1.54, 1.807) is 31.4 Å². The standard InChI is InChI=1S/C16H20N2O2/c1-20-14-9-7-12(8-10-14)15(11-17)16(19)18-13-5-3-2-4-6-13/h7-10,13,15H,2-6H2,1H3,(H,18,19). The molecule has 0 bridgehead atoms. The number of nitriles is 1. The topological polar surface area (TPSA) is 62.1 Å². The molecule has 0 saturated heterocycles. The van der Waals surface area contributed by atoms with Crippen molar-refractivity contribution in [2.45, 2.75) is 44.1 Å². The Kier molecular flexibility index (Phi) is 5.00. The molecule has 4 heteroatoms. The van der Waals surface area contributed by atoms with Crippen LogP contribution in [0.4, 0.5) is 0 Å². The first-order chi connectivity index (χ1) is 9.74. The normalized spacial score (nSPS) is 17.0.